The molecule has 0 aliphatic rings. The van der Waals surface area contributed by atoms with E-state index < -0.39 is 0 Å². The van der Waals surface area contributed by atoms with Crippen LogP contribution in [-0.4, -0.2) is 24.2 Å². The maximum atomic E-state index is 11.2. The van der Waals surface area contributed by atoms with Crippen LogP contribution in [0.4, 0.5) is 0 Å². The SMILES string of the molecule is CCOCC(=O)NCc1ccc(O)cc1. The molecule has 0 spiro atoms. The molecule has 0 heterocycles. The van der Waals surface area contributed by atoms with Crippen LogP contribution < -0.4 is 5.32 Å². The first-order chi connectivity index (χ1) is 7.22. The number of aromatic hydroxyl groups is 1. The maximum absolute atomic E-state index is 11.2. The molecule has 0 aromatic heterocycles. The zero-order chi connectivity index (χ0) is 11.1. The fourth-order valence-corrected chi connectivity index (χ4v) is 1.06. The lowest BCUT2D eigenvalue weighted by Gasteiger charge is -2.05. The van der Waals surface area contributed by atoms with Gasteiger partial charge >= 0.3 is 0 Å². The van der Waals surface area contributed by atoms with Crippen molar-refractivity contribution in [1.82, 2.24) is 5.32 Å². The quantitative estimate of drug-likeness (QED) is 0.762. The van der Waals surface area contributed by atoms with Crippen molar-refractivity contribution in [2.75, 3.05) is 13.2 Å². The average Bonchev–Trinajstić information content (AvgIpc) is 2.25. The molecule has 0 bridgehead atoms. The van der Waals surface area contributed by atoms with Crippen molar-refractivity contribution in [2.24, 2.45) is 0 Å². The van der Waals surface area contributed by atoms with Gasteiger partial charge in [-0.2, -0.15) is 0 Å². The van der Waals surface area contributed by atoms with E-state index in [9.17, 15) is 4.79 Å². The van der Waals surface area contributed by atoms with Crippen LogP contribution in [0.1, 0.15) is 12.5 Å². The number of hydrogen-bond donors (Lipinski definition) is 2. The number of carbonyl (C=O) groups is 1. The van der Waals surface area contributed by atoms with Crippen LogP contribution in [0.5, 0.6) is 5.75 Å². The summed E-state index contributed by atoms with van der Waals surface area (Å²) in [6.45, 7) is 2.92. The smallest absolute Gasteiger partial charge is 0.246 e. The van der Waals surface area contributed by atoms with Gasteiger partial charge in [-0.3, -0.25) is 4.79 Å². The predicted octanol–water partition coefficient (Wildman–Crippen LogP) is 1.04. The Morgan fingerprint density at radius 2 is 2.07 bits per heavy atom. The Balaban J connectivity index is 2.30. The lowest BCUT2D eigenvalue weighted by molar-refractivity contribution is -0.125. The number of carbonyl (C=O) groups excluding carboxylic acids is 1. The number of benzene rings is 1. The molecule has 0 saturated carbocycles. The number of phenols is 1. The zero-order valence-electron chi connectivity index (χ0n) is 8.69. The highest BCUT2D eigenvalue weighted by atomic mass is 16.5. The van der Waals surface area contributed by atoms with E-state index in [4.69, 9.17) is 9.84 Å². The molecule has 0 atom stereocenters. The van der Waals surface area contributed by atoms with Crippen molar-refractivity contribution in [2.45, 2.75) is 13.5 Å². The van der Waals surface area contributed by atoms with Crippen molar-refractivity contribution in [1.29, 1.82) is 0 Å². The van der Waals surface area contributed by atoms with Gasteiger partial charge in [0.1, 0.15) is 12.4 Å². The second-order valence-electron chi connectivity index (χ2n) is 3.08. The molecule has 1 amide bonds. The minimum atomic E-state index is -0.134. The summed E-state index contributed by atoms with van der Waals surface area (Å²) in [7, 11) is 0. The Kier molecular flexibility index (Phi) is 4.63. The molecule has 82 valence electrons. The van der Waals surface area contributed by atoms with E-state index in [0.29, 0.717) is 13.2 Å². The monoisotopic (exact) mass is 209 g/mol. The minimum Gasteiger partial charge on any atom is -0.508 e. The largest absolute Gasteiger partial charge is 0.508 e. The lowest BCUT2D eigenvalue weighted by atomic mass is 10.2. The first kappa shape index (κ1) is 11.5. The molecule has 0 aliphatic carbocycles. The summed E-state index contributed by atoms with van der Waals surface area (Å²) in [5, 5.41) is 11.8. The number of hydrogen-bond acceptors (Lipinski definition) is 3. The van der Waals surface area contributed by atoms with Gasteiger partial charge in [-0.15, -0.1) is 0 Å². The van der Waals surface area contributed by atoms with Gasteiger partial charge in [0.15, 0.2) is 0 Å². The van der Waals surface area contributed by atoms with Crippen LogP contribution in [0.2, 0.25) is 0 Å². The first-order valence-corrected chi connectivity index (χ1v) is 4.84. The Morgan fingerprint density at radius 3 is 2.67 bits per heavy atom. The standard InChI is InChI=1S/C11H15NO3/c1-2-15-8-11(14)12-7-9-3-5-10(13)6-4-9/h3-6,13H,2,7-8H2,1H3,(H,12,14). The third-order valence-electron chi connectivity index (χ3n) is 1.86. The summed E-state index contributed by atoms with van der Waals surface area (Å²) < 4.78 is 4.95. The van der Waals surface area contributed by atoms with Crippen LogP contribution in [0.15, 0.2) is 24.3 Å². The van der Waals surface area contributed by atoms with Crippen LogP contribution >= 0.6 is 0 Å². The number of nitrogens with one attached hydrogen (secondary N) is 1. The Labute approximate surface area is 88.9 Å². The van der Waals surface area contributed by atoms with E-state index in [-0.39, 0.29) is 18.3 Å². The van der Waals surface area contributed by atoms with Crippen LogP contribution in [0.3, 0.4) is 0 Å². The average molecular weight is 209 g/mol. The highest BCUT2D eigenvalue weighted by molar-refractivity contribution is 5.77. The normalized spacial score (nSPS) is 9.93. The summed E-state index contributed by atoms with van der Waals surface area (Å²) >= 11 is 0. The molecule has 1 aromatic rings. The van der Waals surface area contributed by atoms with E-state index in [1.54, 1.807) is 24.3 Å². The molecular weight excluding hydrogens is 194 g/mol. The van der Waals surface area contributed by atoms with Gasteiger partial charge in [0.05, 0.1) is 0 Å². The molecule has 1 aromatic carbocycles. The fraction of sp³-hybridized carbons (Fsp3) is 0.364. The van der Waals surface area contributed by atoms with Gasteiger partial charge in [0, 0.05) is 13.2 Å². The van der Waals surface area contributed by atoms with Crippen molar-refractivity contribution in [3.63, 3.8) is 0 Å². The number of phenolic OH excluding ortho intramolecular Hbond substituents is 1. The van der Waals surface area contributed by atoms with Crippen LogP contribution in [0.25, 0.3) is 0 Å². The third-order valence-corrected chi connectivity index (χ3v) is 1.86. The van der Waals surface area contributed by atoms with E-state index in [0.717, 1.165) is 5.56 Å². The van der Waals surface area contributed by atoms with Gasteiger partial charge in [0.25, 0.3) is 0 Å². The van der Waals surface area contributed by atoms with E-state index in [2.05, 4.69) is 5.32 Å². The highest BCUT2D eigenvalue weighted by Gasteiger charge is 2.00. The van der Waals surface area contributed by atoms with Gasteiger partial charge < -0.3 is 15.2 Å². The zero-order valence-corrected chi connectivity index (χ0v) is 8.69. The minimum absolute atomic E-state index is 0.0918. The number of ether oxygens (including phenoxy) is 1. The molecule has 15 heavy (non-hydrogen) atoms. The van der Waals surface area contributed by atoms with Crippen molar-refractivity contribution >= 4 is 5.91 Å². The first-order valence-electron chi connectivity index (χ1n) is 4.84. The molecular formula is C11H15NO3. The topological polar surface area (TPSA) is 58.6 Å². The molecule has 0 fully saturated rings. The lowest BCUT2D eigenvalue weighted by Crippen LogP contribution is -2.27. The Bertz CT molecular complexity index is 308. The number of rotatable bonds is 5. The third kappa shape index (κ3) is 4.46. The van der Waals surface area contributed by atoms with Crippen molar-refractivity contribution < 1.29 is 14.6 Å². The summed E-state index contributed by atoms with van der Waals surface area (Å²) in [6.07, 6.45) is 0. The predicted molar refractivity (Wildman–Crippen MR) is 56.4 cm³/mol. The van der Waals surface area contributed by atoms with E-state index in [1.807, 2.05) is 6.92 Å². The van der Waals surface area contributed by atoms with E-state index >= 15 is 0 Å². The summed E-state index contributed by atoms with van der Waals surface area (Å²) in [6, 6.07) is 6.70. The van der Waals surface area contributed by atoms with Gasteiger partial charge in [-0.25, -0.2) is 0 Å². The molecule has 4 heteroatoms. The molecule has 1 rings (SSSR count). The maximum Gasteiger partial charge on any atom is 0.246 e. The summed E-state index contributed by atoms with van der Waals surface area (Å²) in [5.41, 5.74) is 0.942. The van der Waals surface area contributed by atoms with Crippen molar-refractivity contribution in [3.8, 4) is 5.75 Å². The number of amides is 1. The molecule has 0 saturated heterocycles. The summed E-state index contributed by atoms with van der Waals surface area (Å²) in [4.78, 5) is 11.2. The Hall–Kier alpha value is -1.55. The van der Waals surface area contributed by atoms with Crippen LogP contribution in [-0.2, 0) is 16.1 Å². The summed E-state index contributed by atoms with van der Waals surface area (Å²) in [5.74, 6) is 0.0873. The van der Waals surface area contributed by atoms with Crippen LogP contribution in [0, 0.1) is 0 Å². The second-order valence-corrected chi connectivity index (χ2v) is 3.08. The molecule has 4 nitrogen and oxygen atoms in total. The molecule has 2 N–H and O–H groups in total. The molecule has 0 aliphatic heterocycles. The van der Waals surface area contributed by atoms with Gasteiger partial charge in [0.2, 0.25) is 5.91 Å². The molecule has 0 unspecified atom stereocenters. The van der Waals surface area contributed by atoms with Crippen molar-refractivity contribution in [3.05, 3.63) is 29.8 Å². The Morgan fingerprint density at radius 1 is 1.40 bits per heavy atom. The highest BCUT2D eigenvalue weighted by Crippen LogP contribution is 2.08. The van der Waals surface area contributed by atoms with Gasteiger partial charge in [-0.1, -0.05) is 12.1 Å². The fourth-order valence-electron chi connectivity index (χ4n) is 1.06. The van der Waals surface area contributed by atoms with E-state index in [1.165, 1.54) is 0 Å². The molecule has 0 radical (unpaired) electrons. The second kappa shape index (κ2) is 6.03. The van der Waals surface area contributed by atoms with Gasteiger partial charge in [-0.05, 0) is 24.6 Å².